The van der Waals surface area contributed by atoms with Crippen molar-refractivity contribution >= 4 is 0 Å². The molecule has 1 aliphatic heterocycles. The van der Waals surface area contributed by atoms with E-state index in [1.807, 2.05) is 13.0 Å². The van der Waals surface area contributed by atoms with Crippen molar-refractivity contribution in [2.75, 3.05) is 13.1 Å². The van der Waals surface area contributed by atoms with Gasteiger partial charge < -0.3 is 9.84 Å². The summed E-state index contributed by atoms with van der Waals surface area (Å²) in [7, 11) is 0. The first kappa shape index (κ1) is 11.3. The highest BCUT2D eigenvalue weighted by molar-refractivity contribution is 5.57. The van der Waals surface area contributed by atoms with Gasteiger partial charge in [-0.2, -0.15) is 4.98 Å². The van der Waals surface area contributed by atoms with Crippen molar-refractivity contribution in [3.05, 3.63) is 29.9 Å². The van der Waals surface area contributed by atoms with E-state index in [4.69, 9.17) is 4.52 Å². The lowest BCUT2D eigenvalue weighted by Crippen LogP contribution is -2.10. The summed E-state index contributed by atoms with van der Waals surface area (Å²) in [6, 6.07) is 1.95. The summed E-state index contributed by atoms with van der Waals surface area (Å²) >= 11 is 0. The molecule has 2 aromatic heterocycles. The van der Waals surface area contributed by atoms with Gasteiger partial charge in [0.25, 0.3) is 0 Å². The van der Waals surface area contributed by atoms with E-state index >= 15 is 0 Å². The number of aromatic nitrogens is 3. The molecule has 5 heteroatoms. The SMILES string of the molecule is Cc1ccncc1-c1noc(CC2CCNC2)n1. The first-order valence-electron chi connectivity index (χ1n) is 6.27. The van der Waals surface area contributed by atoms with Crippen LogP contribution in [0.1, 0.15) is 17.9 Å². The fourth-order valence-electron chi connectivity index (χ4n) is 2.28. The molecule has 0 radical (unpaired) electrons. The average Bonchev–Trinajstić information content (AvgIpc) is 3.02. The van der Waals surface area contributed by atoms with E-state index in [1.165, 1.54) is 6.42 Å². The molecule has 0 bridgehead atoms. The van der Waals surface area contributed by atoms with Crippen molar-refractivity contribution in [3.63, 3.8) is 0 Å². The summed E-state index contributed by atoms with van der Waals surface area (Å²) in [6.07, 6.45) is 5.59. The summed E-state index contributed by atoms with van der Waals surface area (Å²) in [5.74, 6) is 1.98. The van der Waals surface area contributed by atoms with E-state index in [-0.39, 0.29) is 0 Å². The number of hydrogen-bond acceptors (Lipinski definition) is 5. The Balaban J connectivity index is 1.79. The van der Waals surface area contributed by atoms with Gasteiger partial charge in [0, 0.05) is 24.4 Å². The summed E-state index contributed by atoms with van der Waals surface area (Å²) in [5.41, 5.74) is 2.05. The Kier molecular flexibility index (Phi) is 3.06. The molecule has 1 unspecified atom stereocenters. The van der Waals surface area contributed by atoms with Crippen LogP contribution in [0.25, 0.3) is 11.4 Å². The molecule has 3 rings (SSSR count). The summed E-state index contributed by atoms with van der Waals surface area (Å²) in [6.45, 7) is 4.16. The van der Waals surface area contributed by atoms with Gasteiger partial charge in [-0.25, -0.2) is 0 Å². The number of aryl methyl sites for hydroxylation is 1. The Hall–Kier alpha value is -1.75. The molecule has 18 heavy (non-hydrogen) atoms. The zero-order valence-corrected chi connectivity index (χ0v) is 10.4. The van der Waals surface area contributed by atoms with E-state index in [0.717, 1.165) is 36.5 Å². The average molecular weight is 244 g/mol. The van der Waals surface area contributed by atoms with Gasteiger partial charge in [0.2, 0.25) is 11.7 Å². The molecular weight excluding hydrogens is 228 g/mol. The van der Waals surface area contributed by atoms with E-state index in [0.29, 0.717) is 11.7 Å². The zero-order chi connectivity index (χ0) is 12.4. The molecule has 94 valence electrons. The van der Waals surface area contributed by atoms with Gasteiger partial charge in [-0.05, 0) is 44.0 Å². The lowest BCUT2D eigenvalue weighted by molar-refractivity contribution is 0.358. The molecule has 0 saturated carbocycles. The fraction of sp³-hybridized carbons (Fsp3) is 0.462. The van der Waals surface area contributed by atoms with Crippen molar-refractivity contribution in [1.82, 2.24) is 20.4 Å². The summed E-state index contributed by atoms with van der Waals surface area (Å²) < 4.78 is 5.32. The molecule has 1 N–H and O–H groups in total. The number of nitrogens with one attached hydrogen (secondary N) is 1. The van der Waals surface area contributed by atoms with Crippen molar-refractivity contribution in [3.8, 4) is 11.4 Å². The van der Waals surface area contributed by atoms with Crippen LogP contribution in [0.3, 0.4) is 0 Å². The Bertz CT molecular complexity index is 531. The van der Waals surface area contributed by atoms with Crippen LogP contribution in [0.15, 0.2) is 23.0 Å². The van der Waals surface area contributed by atoms with Gasteiger partial charge in [-0.1, -0.05) is 5.16 Å². The Labute approximate surface area is 106 Å². The third-order valence-electron chi connectivity index (χ3n) is 3.37. The van der Waals surface area contributed by atoms with Crippen molar-refractivity contribution < 1.29 is 4.52 Å². The largest absolute Gasteiger partial charge is 0.339 e. The summed E-state index contributed by atoms with van der Waals surface area (Å²) in [5, 5.41) is 7.38. The Morgan fingerprint density at radius 2 is 2.44 bits per heavy atom. The maximum Gasteiger partial charge on any atom is 0.227 e. The minimum atomic E-state index is 0.619. The minimum Gasteiger partial charge on any atom is -0.339 e. The first-order chi connectivity index (χ1) is 8.83. The van der Waals surface area contributed by atoms with Crippen molar-refractivity contribution in [1.29, 1.82) is 0 Å². The Morgan fingerprint density at radius 3 is 3.22 bits per heavy atom. The second kappa shape index (κ2) is 4.86. The van der Waals surface area contributed by atoms with Gasteiger partial charge in [-0.3, -0.25) is 4.98 Å². The molecule has 1 fully saturated rings. The molecule has 0 amide bonds. The molecule has 1 aliphatic rings. The molecule has 3 heterocycles. The molecular formula is C13H16N4O. The second-order valence-electron chi connectivity index (χ2n) is 4.77. The molecule has 2 aromatic rings. The minimum absolute atomic E-state index is 0.619. The molecule has 0 aliphatic carbocycles. The second-order valence-corrected chi connectivity index (χ2v) is 4.77. The highest BCUT2D eigenvalue weighted by atomic mass is 16.5. The van der Waals surface area contributed by atoms with E-state index in [9.17, 15) is 0 Å². The molecule has 0 spiro atoms. The van der Waals surface area contributed by atoms with Gasteiger partial charge in [0.15, 0.2) is 0 Å². The predicted octanol–water partition coefficient (Wildman–Crippen LogP) is 1.59. The monoisotopic (exact) mass is 244 g/mol. The first-order valence-corrected chi connectivity index (χ1v) is 6.27. The van der Waals surface area contributed by atoms with Crippen LogP contribution in [-0.2, 0) is 6.42 Å². The lowest BCUT2D eigenvalue weighted by Gasteiger charge is -2.02. The molecule has 1 atom stereocenters. The lowest BCUT2D eigenvalue weighted by atomic mass is 10.1. The quantitative estimate of drug-likeness (QED) is 0.888. The predicted molar refractivity (Wildman–Crippen MR) is 66.9 cm³/mol. The molecule has 0 aromatic carbocycles. The number of pyridine rings is 1. The maximum atomic E-state index is 5.32. The zero-order valence-electron chi connectivity index (χ0n) is 10.4. The third kappa shape index (κ3) is 2.26. The van der Waals surface area contributed by atoms with Crippen LogP contribution in [-0.4, -0.2) is 28.2 Å². The van der Waals surface area contributed by atoms with Gasteiger partial charge in [-0.15, -0.1) is 0 Å². The topological polar surface area (TPSA) is 63.8 Å². The van der Waals surface area contributed by atoms with Crippen molar-refractivity contribution in [2.45, 2.75) is 19.8 Å². The fourth-order valence-corrected chi connectivity index (χ4v) is 2.28. The third-order valence-corrected chi connectivity index (χ3v) is 3.37. The normalized spacial score (nSPS) is 19.3. The van der Waals surface area contributed by atoms with E-state index < -0.39 is 0 Å². The van der Waals surface area contributed by atoms with Crippen LogP contribution in [0.4, 0.5) is 0 Å². The van der Waals surface area contributed by atoms with Gasteiger partial charge in [0.05, 0.1) is 0 Å². The standard InChI is InChI=1S/C13H16N4O/c1-9-2-4-15-8-11(9)13-16-12(18-17-13)6-10-3-5-14-7-10/h2,4,8,10,14H,3,5-7H2,1H3. The van der Waals surface area contributed by atoms with Crippen LogP contribution in [0.2, 0.25) is 0 Å². The van der Waals surface area contributed by atoms with E-state index in [2.05, 4.69) is 20.4 Å². The summed E-state index contributed by atoms with van der Waals surface area (Å²) in [4.78, 5) is 8.56. The molecule has 5 nitrogen and oxygen atoms in total. The highest BCUT2D eigenvalue weighted by Crippen LogP contribution is 2.20. The maximum absolute atomic E-state index is 5.32. The van der Waals surface area contributed by atoms with Crippen LogP contribution in [0.5, 0.6) is 0 Å². The molecule has 1 saturated heterocycles. The van der Waals surface area contributed by atoms with Crippen LogP contribution in [0, 0.1) is 12.8 Å². The number of nitrogens with zero attached hydrogens (tertiary/aromatic N) is 3. The van der Waals surface area contributed by atoms with Crippen LogP contribution < -0.4 is 5.32 Å². The number of hydrogen-bond donors (Lipinski definition) is 1. The highest BCUT2D eigenvalue weighted by Gasteiger charge is 2.19. The van der Waals surface area contributed by atoms with Crippen LogP contribution >= 0.6 is 0 Å². The Morgan fingerprint density at radius 1 is 1.50 bits per heavy atom. The van der Waals surface area contributed by atoms with Gasteiger partial charge >= 0.3 is 0 Å². The smallest absolute Gasteiger partial charge is 0.227 e. The van der Waals surface area contributed by atoms with Crippen molar-refractivity contribution in [2.24, 2.45) is 5.92 Å². The van der Waals surface area contributed by atoms with Gasteiger partial charge in [0.1, 0.15) is 0 Å². The number of rotatable bonds is 3. The van der Waals surface area contributed by atoms with E-state index in [1.54, 1.807) is 12.4 Å².